The molecule has 0 fully saturated rings. The molecule has 0 bridgehead atoms. The average Bonchev–Trinajstić information content (AvgIpc) is 3.35. The second-order valence-corrected chi connectivity index (χ2v) is 9.40. The number of aryl methyl sites for hydroxylation is 2. The molecule has 0 unspecified atom stereocenters. The van der Waals surface area contributed by atoms with Crippen LogP contribution in [0.3, 0.4) is 0 Å². The Morgan fingerprint density at radius 3 is 2.66 bits per heavy atom. The van der Waals surface area contributed by atoms with E-state index in [1.807, 2.05) is 31.4 Å². The maximum Gasteiger partial charge on any atom is 0.251 e. The van der Waals surface area contributed by atoms with Crippen molar-refractivity contribution in [1.82, 2.24) is 15.2 Å². The molecule has 2 N–H and O–H groups in total. The number of nitrogens with zero attached hydrogens (tertiary/aromatic N) is 1. The van der Waals surface area contributed by atoms with E-state index in [1.54, 1.807) is 19.1 Å². The summed E-state index contributed by atoms with van der Waals surface area (Å²) in [5, 5.41) is 8.77. The number of nitrogens with one attached hydrogen (secondary N) is 2. The summed E-state index contributed by atoms with van der Waals surface area (Å²) in [7, 11) is -3.73. The van der Waals surface area contributed by atoms with Crippen molar-refractivity contribution in [3.05, 3.63) is 69.2 Å². The van der Waals surface area contributed by atoms with Gasteiger partial charge < -0.3 is 9.84 Å². The lowest BCUT2D eigenvalue weighted by molar-refractivity contribution is 0.0935. The van der Waals surface area contributed by atoms with Gasteiger partial charge in [-0.2, -0.15) is 0 Å². The first-order chi connectivity index (χ1) is 13.8. The maximum absolute atomic E-state index is 12.8. The normalized spacial score (nSPS) is 12.7. The van der Waals surface area contributed by atoms with Gasteiger partial charge in [0.1, 0.15) is 5.76 Å². The van der Waals surface area contributed by atoms with Gasteiger partial charge in [-0.05, 0) is 49.9 Å². The largest absolute Gasteiger partial charge is 0.361 e. The molecule has 0 aliphatic heterocycles. The summed E-state index contributed by atoms with van der Waals surface area (Å²) in [5.74, 6) is 0.302. The van der Waals surface area contributed by atoms with E-state index >= 15 is 0 Å². The van der Waals surface area contributed by atoms with Gasteiger partial charge in [0.05, 0.1) is 16.6 Å². The van der Waals surface area contributed by atoms with Crippen LogP contribution >= 0.6 is 11.3 Å². The van der Waals surface area contributed by atoms with Crippen LogP contribution in [0.15, 0.2) is 51.2 Å². The molecule has 0 radical (unpaired) electrons. The fourth-order valence-electron chi connectivity index (χ4n) is 3.07. The van der Waals surface area contributed by atoms with Crippen molar-refractivity contribution in [2.24, 2.45) is 0 Å². The van der Waals surface area contributed by atoms with E-state index in [2.05, 4.69) is 15.2 Å². The van der Waals surface area contributed by atoms with E-state index in [-0.39, 0.29) is 29.0 Å². The molecular weight excluding hydrogens is 410 g/mol. The Balaban J connectivity index is 1.76. The van der Waals surface area contributed by atoms with Gasteiger partial charge in [-0.3, -0.25) is 4.79 Å². The van der Waals surface area contributed by atoms with E-state index in [1.165, 1.54) is 23.5 Å². The van der Waals surface area contributed by atoms with E-state index in [0.717, 1.165) is 16.1 Å². The summed E-state index contributed by atoms with van der Waals surface area (Å²) in [4.78, 5) is 13.7. The molecule has 3 rings (SSSR count). The molecule has 2 aromatic heterocycles. The minimum Gasteiger partial charge on any atom is -0.361 e. The molecule has 29 heavy (non-hydrogen) atoms. The van der Waals surface area contributed by atoms with E-state index in [9.17, 15) is 13.2 Å². The number of hydrogen-bond donors (Lipinski definition) is 2. The Hall–Kier alpha value is -2.49. The van der Waals surface area contributed by atoms with Crippen molar-refractivity contribution in [3.8, 4) is 0 Å². The second kappa shape index (κ2) is 8.89. The Labute approximate surface area is 174 Å². The number of hydrogen-bond acceptors (Lipinski definition) is 6. The molecule has 154 valence electrons. The first kappa shape index (κ1) is 21.2. The molecule has 0 aliphatic rings. The van der Waals surface area contributed by atoms with Crippen LogP contribution < -0.4 is 10.0 Å². The zero-order valence-electron chi connectivity index (χ0n) is 16.4. The van der Waals surface area contributed by atoms with Gasteiger partial charge in [-0.1, -0.05) is 24.2 Å². The third-order valence-electron chi connectivity index (χ3n) is 4.57. The van der Waals surface area contributed by atoms with Crippen molar-refractivity contribution < 1.29 is 17.7 Å². The predicted molar refractivity (Wildman–Crippen MR) is 111 cm³/mol. The summed E-state index contributed by atoms with van der Waals surface area (Å²) in [5.41, 5.74) is 1.85. The van der Waals surface area contributed by atoms with Gasteiger partial charge in [0, 0.05) is 22.5 Å². The van der Waals surface area contributed by atoms with Crippen LogP contribution in [0.5, 0.6) is 0 Å². The quantitative estimate of drug-likeness (QED) is 0.564. The third kappa shape index (κ3) is 4.92. The Kier molecular flexibility index (Phi) is 6.51. The van der Waals surface area contributed by atoms with Crippen molar-refractivity contribution in [2.45, 2.75) is 44.7 Å². The molecular formula is C20H23N3O4S2. The summed E-state index contributed by atoms with van der Waals surface area (Å²) in [6.07, 6.45) is 0.648. The Morgan fingerprint density at radius 2 is 2.03 bits per heavy atom. The minimum atomic E-state index is -3.73. The molecule has 1 amide bonds. The lowest BCUT2D eigenvalue weighted by Crippen LogP contribution is -2.29. The Morgan fingerprint density at radius 1 is 1.24 bits per heavy atom. The van der Waals surface area contributed by atoms with Crippen LogP contribution in [0.4, 0.5) is 0 Å². The monoisotopic (exact) mass is 433 g/mol. The van der Waals surface area contributed by atoms with Gasteiger partial charge in [-0.25, -0.2) is 13.1 Å². The number of thiophene rings is 1. The van der Waals surface area contributed by atoms with Gasteiger partial charge >= 0.3 is 0 Å². The van der Waals surface area contributed by atoms with Crippen LogP contribution in [0.1, 0.15) is 51.6 Å². The average molecular weight is 434 g/mol. The zero-order chi connectivity index (χ0) is 21.0. The fourth-order valence-corrected chi connectivity index (χ4v) is 4.86. The van der Waals surface area contributed by atoms with Crippen LogP contribution in [-0.2, 0) is 16.6 Å². The van der Waals surface area contributed by atoms with Gasteiger partial charge in [0.15, 0.2) is 0 Å². The number of aromatic nitrogens is 1. The molecule has 9 heteroatoms. The number of sulfonamides is 1. The van der Waals surface area contributed by atoms with Crippen LogP contribution in [0.25, 0.3) is 0 Å². The summed E-state index contributed by atoms with van der Waals surface area (Å²) < 4.78 is 33.0. The molecule has 2 heterocycles. The molecule has 1 atom stereocenters. The first-order valence-corrected chi connectivity index (χ1v) is 11.5. The number of rotatable bonds is 8. The van der Waals surface area contributed by atoms with Gasteiger partial charge in [0.25, 0.3) is 5.91 Å². The van der Waals surface area contributed by atoms with Crippen LogP contribution in [-0.4, -0.2) is 19.5 Å². The highest BCUT2D eigenvalue weighted by Gasteiger charge is 2.22. The van der Waals surface area contributed by atoms with Crippen molar-refractivity contribution >= 4 is 27.3 Å². The molecule has 0 spiro atoms. The number of benzene rings is 1. The summed E-state index contributed by atoms with van der Waals surface area (Å²) in [6, 6.07) is 9.45. The summed E-state index contributed by atoms with van der Waals surface area (Å²) >= 11 is 1.47. The predicted octanol–water partition coefficient (Wildman–Crippen LogP) is 3.71. The number of amides is 1. The Bertz CT molecular complexity index is 1070. The van der Waals surface area contributed by atoms with Crippen LogP contribution in [0, 0.1) is 13.8 Å². The number of carbonyl (C=O) groups is 1. The molecule has 1 aromatic carbocycles. The smallest absolute Gasteiger partial charge is 0.251 e. The topological polar surface area (TPSA) is 101 Å². The second-order valence-electron chi connectivity index (χ2n) is 6.60. The van der Waals surface area contributed by atoms with Crippen molar-refractivity contribution in [3.63, 3.8) is 0 Å². The molecule has 0 saturated carbocycles. The third-order valence-corrected chi connectivity index (χ3v) is 6.85. The first-order valence-electron chi connectivity index (χ1n) is 9.17. The lowest BCUT2D eigenvalue weighted by atomic mass is 10.0. The van der Waals surface area contributed by atoms with Gasteiger partial charge in [-0.15, -0.1) is 11.3 Å². The SMILES string of the molecule is CC[C@H](NC(=O)c1cccc(S(=O)(=O)NCc2cccs2)c1)c1c(C)noc1C. The van der Waals surface area contributed by atoms with E-state index < -0.39 is 10.0 Å². The highest BCUT2D eigenvalue weighted by Crippen LogP contribution is 2.24. The van der Waals surface area contributed by atoms with Crippen molar-refractivity contribution in [1.29, 1.82) is 0 Å². The highest BCUT2D eigenvalue weighted by atomic mass is 32.2. The zero-order valence-corrected chi connectivity index (χ0v) is 18.1. The highest BCUT2D eigenvalue weighted by molar-refractivity contribution is 7.89. The fraction of sp³-hybridized carbons (Fsp3) is 0.300. The summed E-state index contributed by atoms with van der Waals surface area (Å²) in [6.45, 7) is 5.79. The lowest BCUT2D eigenvalue weighted by Gasteiger charge is -2.17. The van der Waals surface area contributed by atoms with Crippen molar-refractivity contribution in [2.75, 3.05) is 0 Å². The van der Waals surface area contributed by atoms with Crippen LogP contribution in [0.2, 0.25) is 0 Å². The maximum atomic E-state index is 12.8. The number of carbonyl (C=O) groups excluding carboxylic acids is 1. The standard InChI is InChI=1S/C20H23N3O4S2/c1-4-18(19-13(2)23-27-14(19)3)22-20(24)15-7-5-9-17(11-15)29(25,26)21-12-16-8-6-10-28-16/h5-11,18,21H,4,12H2,1-3H3,(H,22,24)/t18-/m0/s1. The molecule has 7 nitrogen and oxygen atoms in total. The minimum absolute atomic E-state index is 0.0482. The molecule has 0 saturated heterocycles. The molecule has 0 aliphatic carbocycles. The van der Waals surface area contributed by atoms with E-state index in [4.69, 9.17) is 4.52 Å². The van der Waals surface area contributed by atoms with Gasteiger partial charge in [0.2, 0.25) is 10.0 Å². The molecule has 3 aromatic rings. The van der Waals surface area contributed by atoms with E-state index in [0.29, 0.717) is 12.2 Å².